The lowest BCUT2D eigenvalue weighted by Gasteiger charge is -2.10. The van der Waals surface area contributed by atoms with Gasteiger partial charge in [-0.25, -0.2) is 0 Å². The topological polar surface area (TPSA) is 35.5 Å². The van der Waals surface area contributed by atoms with Crippen LogP contribution in [0.25, 0.3) is 0 Å². The quantitative estimate of drug-likeness (QED) is 0.487. The monoisotopic (exact) mass is 460 g/mol. The molecule has 0 atom stereocenters. The molecule has 0 N–H and O–H groups in total. The largest absolute Gasteiger partial charge is 0.493 e. The minimum absolute atomic E-state index is 0.0768. The molecule has 0 heterocycles. The summed E-state index contributed by atoms with van der Waals surface area (Å²) in [6.07, 6.45) is 0.326. The zero-order valence-corrected chi connectivity index (χ0v) is 15.4. The first kappa shape index (κ1) is 16.3. The number of ketones is 1. The molecule has 0 fully saturated rings. The Morgan fingerprint density at radius 1 is 1.10 bits per heavy atom. The highest BCUT2D eigenvalue weighted by Gasteiger charge is 2.13. The molecule has 5 heteroatoms. The molecule has 0 unspecified atom stereocenters. The molecule has 0 amide bonds. The Labute approximate surface area is 145 Å². The smallest absolute Gasteiger partial charge is 0.168 e. The Hall–Kier alpha value is -1.08. The van der Waals surface area contributed by atoms with Crippen molar-refractivity contribution in [2.24, 2.45) is 0 Å². The van der Waals surface area contributed by atoms with Crippen molar-refractivity contribution in [2.45, 2.75) is 6.42 Å². The molecule has 0 spiro atoms. The lowest BCUT2D eigenvalue weighted by Crippen LogP contribution is -2.06. The molecule has 0 aliphatic rings. The first-order valence-corrected chi connectivity index (χ1v) is 8.11. The highest BCUT2D eigenvalue weighted by Crippen LogP contribution is 2.28. The van der Waals surface area contributed by atoms with E-state index in [0.717, 1.165) is 19.2 Å². The van der Waals surface area contributed by atoms with Crippen LogP contribution in [0.3, 0.4) is 0 Å². The number of methoxy groups -OCH3 is 2. The summed E-state index contributed by atoms with van der Waals surface area (Å²) in [5.74, 6) is 1.37. The van der Waals surface area contributed by atoms with Gasteiger partial charge in [0, 0.05) is 20.0 Å². The van der Waals surface area contributed by atoms with E-state index in [4.69, 9.17) is 9.47 Å². The minimum atomic E-state index is 0.0768. The second-order valence-corrected chi connectivity index (χ2v) is 6.49. The third-order valence-corrected chi connectivity index (χ3v) is 4.48. The summed E-state index contributed by atoms with van der Waals surface area (Å²) in [7, 11) is 3.17. The first-order chi connectivity index (χ1) is 10.0. The van der Waals surface area contributed by atoms with E-state index in [9.17, 15) is 4.79 Å². The molecule has 0 saturated carbocycles. The maximum absolute atomic E-state index is 12.4. The summed E-state index contributed by atoms with van der Waals surface area (Å²) in [6, 6.07) is 11.2. The van der Waals surface area contributed by atoms with Gasteiger partial charge >= 0.3 is 0 Å². The zero-order valence-electron chi connectivity index (χ0n) is 11.7. The molecule has 2 rings (SSSR count). The molecular formula is C16H14BrIO3. The standard InChI is InChI=1S/C16H14BrIO3/c1-20-15-6-3-10(8-16(15)21-2)7-14(19)12-9-11(17)4-5-13(12)18/h3-6,8-9H,7H2,1-2H3. The van der Waals surface area contributed by atoms with Gasteiger partial charge in [-0.15, -0.1) is 0 Å². The summed E-state index contributed by atoms with van der Waals surface area (Å²) >= 11 is 5.57. The van der Waals surface area contributed by atoms with E-state index in [0.29, 0.717) is 17.9 Å². The van der Waals surface area contributed by atoms with Crippen LogP contribution >= 0.6 is 38.5 Å². The van der Waals surface area contributed by atoms with Gasteiger partial charge in [0.05, 0.1) is 14.2 Å². The van der Waals surface area contributed by atoms with Gasteiger partial charge in [0.15, 0.2) is 17.3 Å². The molecule has 3 nitrogen and oxygen atoms in total. The third kappa shape index (κ3) is 3.97. The number of carbonyl (C=O) groups is 1. The maximum atomic E-state index is 12.4. The number of hydrogen-bond acceptors (Lipinski definition) is 3. The van der Waals surface area contributed by atoms with Gasteiger partial charge < -0.3 is 9.47 Å². The molecule has 0 aliphatic heterocycles. The normalized spacial score (nSPS) is 10.3. The summed E-state index contributed by atoms with van der Waals surface area (Å²) in [5.41, 5.74) is 1.62. The fraction of sp³-hybridized carbons (Fsp3) is 0.188. The van der Waals surface area contributed by atoms with Crippen molar-refractivity contribution in [3.05, 3.63) is 55.6 Å². The summed E-state index contributed by atoms with van der Waals surface area (Å²) in [6.45, 7) is 0. The molecule has 0 radical (unpaired) electrons. The zero-order chi connectivity index (χ0) is 15.4. The van der Waals surface area contributed by atoms with E-state index in [2.05, 4.69) is 38.5 Å². The van der Waals surface area contributed by atoms with Gasteiger partial charge in [-0.2, -0.15) is 0 Å². The van der Waals surface area contributed by atoms with Crippen molar-refractivity contribution in [2.75, 3.05) is 14.2 Å². The first-order valence-electron chi connectivity index (χ1n) is 6.24. The van der Waals surface area contributed by atoms with Crippen LogP contribution in [0.1, 0.15) is 15.9 Å². The SMILES string of the molecule is COc1ccc(CC(=O)c2cc(Br)ccc2I)cc1OC. The fourth-order valence-corrected chi connectivity index (χ4v) is 2.98. The van der Waals surface area contributed by atoms with Crippen molar-refractivity contribution in [3.63, 3.8) is 0 Å². The van der Waals surface area contributed by atoms with Gasteiger partial charge in [-0.1, -0.05) is 22.0 Å². The van der Waals surface area contributed by atoms with Crippen molar-refractivity contribution in [1.29, 1.82) is 0 Å². The van der Waals surface area contributed by atoms with Gasteiger partial charge in [-0.3, -0.25) is 4.79 Å². The van der Waals surface area contributed by atoms with Gasteiger partial charge in [0.2, 0.25) is 0 Å². The molecule has 0 aliphatic carbocycles. The van der Waals surface area contributed by atoms with Crippen LogP contribution in [0.2, 0.25) is 0 Å². The van der Waals surface area contributed by atoms with Gasteiger partial charge in [0.1, 0.15) is 0 Å². The maximum Gasteiger partial charge on any atom is 0.168 e. The number of hydrogen-bond donors (Lipinski definition) is 0. The highest BCUT2D eigenvalue weighted by atomic mass is 127. The van der Waals surface area contributed by atoms with E-state index in [-0.39, 0.29) is 5.78 Å². The van der Waals surface area contributed by atoms with Gasteiger partial charge in [-0.05, 0) is 58.5 Å². The number of ether oxygens (including phenoxy) is 2. The van der Waals surface area contributed by atoms with Gasteiger partial charge in [0.25, 0.3) is 0 Å². The van der Waals surface area contributed by atoms with Crippen molar-refractivity contribution in [3.8, 4) is 11.5 Å². The van der Waals surface area contributed by atoms with Crippen LogP contribution in [0.5, 0.6) is 11.5 Å². The summed E-state index contributed by atoms with van der Waals surface area (Å²) < 4.78 is 12.3. The Balaban J connectivity index is 2.25. The molecule has 2 aromatic carbocycles. The van der Waals surface area contributed by atoms with Crippen LogP contribution in [0.4, 0.5) is 0 Å². The molecular weight excluding hydrogens is 447 g/mol. The number of Topliss-reactive ketones (excluding diaryl/α,β-unsaturated/α-hetero) is 1. The number of benzene rings is 2. The van der Waals surface area contributed by atoms with Crippen LogP contribution in [-0.4, -0.2) is 20.0 Å². The second kappa shape index (κ2) is 7.26. The average molecular weight is 461 g/mol. The molecule has 0 bridgehead atoms. The fourth-order valence-electron chi connectivity index (χ4n) is 1.98. The second-order valence-electron chi connectivity index (χ2n) is 4.41. The third-order valence-electron chi connectivity index (χ3n) is 3.04. The Kier molecular flexibility index (Phi) is 5.64. The predicted octanol–water partition coefficient (Wildman–Crippen LogP) is 4.50. The Morgan fingerprint density at radius 3 is 2.48 bits per heavy atom. The molecule has 21 heavy (non-hydrogen) atoms. The summed E-state index contributed by atoms with van der Waals surface area (Å²) in [5, 5.41) is 0. The van der Waals surface area contributed by atoms with Crippen molar-refractivity contribution in [1.82, 2.24) is 0 Å². The molecule has 0 saturated heterocycles. The van der Waals surface area contributed by atoms with E-state index in [1.165, 1.54) is 0 Å². The molecule has 2 aromatic rings. The number of rotatable bonds is 5. The van der Waals surface area contributed by atoms with Crippen molar-refractivity contribution >= 4 is 44.3 Å². The van der Waals surface area contributed by atoms with Crippen LogP contribution < -0.4 is 9.47 Å². The lowest BCUT2D eigenvalue weighted by atomic mass is 10.0. The van der Waals surface area contributed by atoms with Crippen LogP contribution in [0.15, 0.2) is 40.9 Å². The van der Waals surface area contributed by atoms with Crippen LogP contribution in [-0.2, 0) is 6.42 Å². The van der Waals surface area contributed by atoms with E-state index in [1.807, 2.05) is 36.4 Å². The average Bonchev–Trinajstić information content (AvgIpc) is 2.49. The molecule has 110 valence electrons. The Bertz CT molecular complexity index is 671. The predicted molar refractivity (Wildman–Crippen MR) is 94.4 cm³/mol. The van der Waals surface area contributed by atoms with E-state index in [1.54, 1.807) is 14.2 Å². The van der Waals surface area contributed by atoms with E-state index >= 15 is 0 Å². The minimum Gasteiger partial charge on any atom is -0.493 e. The number of halogens is 2. The lowest BCUT2D eigenvalue weighted by molar-refractivity contribution is 0.0992. The molecule has 0 aromatic heterocycles. The van der Waals surface area contributed by atoms with Crippen molar-refractivity contribution < 1.29 is 14.3 Å². The highest BCUT2D eigenvalue weighted by molar-refractivity contribution is 14.1. The summed E-state index contributed by atoms with van der Waals surface area (Å²) in [4.78, 5) is 12.4. The number of carbonyl (C=O) groups excluding carboxylic acids is 1. The van der Waals surface area contributed by atoms with E-state index < -0.39 is 0 Å². The Morgan fingerprint density at radius 2 is 1.81 bits per heavy atom. The van der Waals surface area contributed by atoms with Crippen LogP contribution in [0, 0.1) is 3.57 Å².